The number of carbonyl (C=O) groups is 1. The molecule has 8 heteroatoms. The number of methoxy groups -OCH3 is 3. The lowest BCUT2D eigenvalue weighted by molar-refractivity contribution is 0.0996. The van der Waals surface area contributed by atoms with Crippen LogP contribution in [0.3, 0.4) is 0 Å². The van der Waals surface area contributed by atoms with Gasteiger partial charge in [-0.15, -0.1) is 0 Å². The molecule has 0 saturated carbocycles. The second kappa shape index (κ2) is 8.56. The van der Waals surface area contributed by atoms with Crippen LogP contribution in [0.5, 0.6) is 11.5 Å². The van der Waals surface area contributed by atoms with Crippen molar-refractivity contribution in [2.24, 2.45) is 4.99 Å². The number of rotatable bonds is 6. The zero-order chi connectivity index (χ0) is 19.4. The van der Waals surface area contributed by atoms with Gasteiger partial charge in [0.25, 0.3) is 5.91 Å². The van der Waals surface area contributed by atoms with Crippen LogP contribution in [-0.4, -0.2) is 38.4 Å². The van der Waals surface area contributed by atoms with Crippen molar-refractivity contribution in [3.63, 3.8) is 0 Å². The molecule has 0 bridgehead atoms. The summed E-state index contributed by atoms with van der Waals surface area (Å²) in [6, 6.07) is 10.6. The first kappa shape index (κ1) is 19.4. The SMILES string of the molecule is COCCn1c(=NC(=O)c2cc(OC)cc(OC)c2)sc2cccc(Cl)c21. The molecule has 6 nitrogen and oxygen atoms in total. The number of para-hydroxylation sites is 1. The van der Waals surface area contributed by atoms with Crippen molar-refractivity contribution in [1.82, 2.24) is 4.57 Å². The minimum atomic E-state index is -0.388. The molecule has 0 aliphatic carbocycles. The van der Waals surface area contributed by atoms with Crippen LogP contribution >= 0.6 is 22.9 Å². The summed E-state index contributed by atoms with van der Waals surface area (Å²) in [4.78, 5) is 17.7. The molecular weight excluding hydrogens is 388 g/mol. The second-order valence-corrected chi connectivity index (χ2v) is 7.05. The van der Waals surface area contributed by atoms with E-state index in [1.54, 1.807) is 25.3 Å². The van der Waals surface area contributed by atoms with Gasteiger partial charge in [-0.1, -0.05) is 29.0 Å². The molecule has 0 N–H and O–H groups in total. The molecular formula is C19H19ClN2O4S. The third-order valence-electron chi connectivity index (χ3n) is 3.97. The smallest absolute Gasteiger partial charge is 0.279 e. The first-order chi connectivity index (χ1) is 13.1. The highest BCUT2D eigenvalue weighted by Gasteiger charge is 2.13. The number of benzene rings is 2. The molecule has 142 valence electrons. The predicted molar refractivity (Wildman–Crippen MR) is 106 cm³/mol. The van der Waals surface area contributed by atoms with Crippen LogP contribution in [0.25, 0.3) is 10.2 Å². The maximum absolute atomic E-state index is 12.8. The highest BCUT2D eigenvalue weighted by Crippen LogP contribution is 2.26. The minimum Gasteiger partial charge on any atom is -0.497 e. The number of ether oxygens (including phenoxy) is 3. The van der Waals surface area contributed by atoms with Crippen LogP contribution in [-0.2, 0) is 11.3 Å². The fourth-order valence-corrected chi connectivity index (χ4v) is 4.06. The number of aromatic nitrogens is 1. The lowest BCUT2D eigenvalue weighted by Crippen LogP contribution is -2.19. The Morgan fingerprint density at radius 1 is 1.15 bits per heavy atom. The first-order valence-corrected chi connectivity index (χ1v) is 9.35. The summed E-state index contributed by atoms with van der Waals surface area (Å²) in [5.41, 5.74) is 1.23. The summed E-state index contributed by atoms with van der Waals surface area (Å²) >= 11 is 7.78. The van der Waals surface area contributed by atoms with Crippen molar-refractivity contribution in [2.75, 3.05) is 27.9 Å². The van der Waals surface area contributed by atoms with Gasteiger partial charge in [0.05, 0.1) is 36.1 Å². The molecule has 0 spiro atoms. The largest absolute Gasteiger partial charge is 0.497 e. The zero-order valence-corrected chi connectivity index (χ0v) is 16.8. The van der Waals surface area contributed by atoms with Crippen molar-refractivity contribution in [2.45, 2.75) is 6.54 Å². The van der Waals surface area contributed by atoms with E-state index in [0.29, 0.717) is 40.0 Å². The Balaban J connectivity index is 2.12. The molecule has 3 aromatic rings. The Morgan fingerprint density at radius 3 is 2.48 bits per heavy atom. The Hall–Kier alpha value is -2.35. The van der Waals surface area contributed by atoms with Gasteiger partial charge in [-0.3, -0.25) is 4.79 Å². The molecule has 1 heterocycles. The number of nitrogens with zero attached hydrogens (tertiary/aromatic N) is 2. The van der Waals surface area contributed by atoms with E-state index in [2.05, 4.69) is 4.99 Å². The van der Waals surface area contributed by atoms with E-state index in [1.807, 2.05) is 22.8 Å². The van der Waals surface area contributed by atoms with Crippen LogP contribution in [0, 0.1) is 0 Å². The van der Waals surface area contributed by atoms with E-state index in [0.717, 1.165) is 10.2 Å². The molecule has 2 aromatic carbocycles. The number of hydrogen-bond acceptors (Lipinski definition) is 5. The fraction of sp³-hybridized carbons (Fsp3) is 0.263. The zero-order valence-electron chi connectivity index (χ0n) is 15.2. The van der Waals surface area contributed by atoms with Gasteiger partial charge in [0.2, 0.25) is 0 Å². The number of carbonyl (C=O) groups excluding carboxylic acids is 1. The lowest BCUT2D eigenvalue weighted by Gasteiger charge is -2.07. The Morgan fingerprint density at radius 2 is 1.85 bits per heavy atom. The van der Waals surface area contributed by atoms with Gasteiger partial charge in [0, 0.05) is 25.3 Å². The molecule has 0 fully saturated rings. The molecule has 0 unspecified atom stereocenters. The molecule has 1 aromatic heterocycles. The second-order valence-electron chi connectivity index (χ2n) is 5.63. The summed E-state index contributed by atoms with van der Waals surface area (Å²) < 4.78 is 18.5. The molecule has 0 saturated heterocycles. The van der Waals surface area contributed by atoms with Crippen LogP contribution in [0.2, 0.25) is 5.02 Å². The van der Waals surface area contributed by atoms with Crippen LogP contribution in [0.1, 0.15) is 10.4 Å². The van der Waals surface area contributed by atoms with E-state index in [9.17, 15) is 4.79 Å². The number of hydrogen-bond donors (Lipinski definition) is 0. The summed E-state index contributed by atoms with van der Waals surface area (Å²) in [7, 11) is 4.70. The molecule has 0 atom stereocenters. The van der Waals surface area contributed by atoms with Gasteiger partial charge in [0.1, 0.15) is 11.5 Å². The molecule has 1 amide bonds. The summed E-state index contributed by atoms with van der Waals surface area (Å²) in [6.07, 6.45) is 0. The third-order valence-corrected chi connectivity index (χ3v) is 5.32. The van der Waals surface area contributed by atoms with Crippen molar-refractivity contribution < 1.29 is 19.0 Å². The van der Waals surface area contributed by atoms with Gasteiger partial charge < -0.3 is 18.8 Å². The van der Waals surface area contributed by atoms with Gasteiger partial charge in [0.15, 0.2) is 4.80 Å². The van der Waals surface area contributed by atoms with E-state index in [4.69, 9.17) is 25.8 Å². The normalized spacial score (nSPS) is 11.8. The van der Waals surface area contributed by atoms with Crippen LogP contribution in [0.15, 0.2) is 41.4 Å². The number of thiazole rings is 1. The van der Waals surface area contributed by atoms with E-state index < -0.39 is 0 Å². The van der Waals surface area contributed by atoms with Crippen molar-refractivity contribution in [3.8, 4) is 11.5 Å². The van der Waals surface area contributed by atoms with Crippen molar-refractivity contribution in [3.05, 3.63) is 51.8 Å². The maximum atomic E-state index is 12.8. The van der Waals surface area contributed by atoms with E-state index in [-0.39, 0.29) is 5.91 Å². The number of halogens is 1. The lowest BCUT2D eigenvalue weighted by atomic mass is 10.2. The van der Waals surface area contributed by atoms with Crippen LogP contribution in [0.4, 0.5) is 0 Å². The Labute approximate surface area is 165 Å². The van der Waals surface area contributed by atoms with E-state index in [1.165, 1.54) is 25.6 Å². The quantitative estimate of drug-likeness (QED) is 0.625. The van der Waals surface area contributed by atoms with Gasteiger partial charge >= 0.3 is 0 Å². The van der Waals surface area contributed by atoms with Gasteiger partial charge in [-0.05, 0) is 24.3 Å². The molecule has 3 rings (SSSR count). The van der Waals surface area contributed by atoms with E-state index >= 15 is 0 Å². The molecule has 0 aliphatic rings. The van der Waals surface area contributed by atoms with Crippen molar-refractivity contribution in [1.29, 1.82) is 0 Å². The number of fused-ring (bicyclic) bond motifs is 1. The van der Waals surface area contributed by atoms with Gasteiger partial charge in [-0.25, -0.2) is 0 Å². The van der Waals surface area contributed by atoms with Crippen molar-refractivity contribution >= 4 is 39.1 Å². The minimum absolute atomic E-state index is 0.382. The average Bonchev–Trinajstić information content (AvgIpc) is 3.04. The fourth-order valence-electron chi connectivity index (χ4n) is 2.64. The maximum Gasteiger partial charge on any atom is 0.279 e. The summed E-state index contributed by atoms with van der Waals surface area (Å²) in [5.74, 6) is 0.667. The average molecular weight is 407 g/mol. The highest BCUT2D eigenvalue weighted by atomic mass is 35.5. The summed E-state index contributed by atoms with van der Waals surface area (Å²) in [5, 5.41) is 0.608. The Kier molecular flexibility index (Phi) is 6.15. The standard InChI is InChI=1S/C19H19ClN2O4S/c1-24-8-7-22-17-15(20)5-4-6-16(17)27-19(22)21-18(23)12-9-13(25-2)11-14(10-12)26-3/h4-6,9-11H,7-8H2,1-3H3. The summed E-state index contributed by atoms with van der Waals surface area (Å²) in [6.45, 7) is 1.01. The Bertz CT molecular complexity index is 1020. The third kappa shape index (κ3) is 4.16. The van der Waals surface area contributed by atoms with Gasteiger partial charge in [-0.2, -0.15) is 4.99 Å². The van der Waals surface area contributed by atoms with Crippen LogP contribution < -0.4 is 14.3 Å². The molecule has 0 aliphatic heterocycles. The molecule has 27 heavy (non-hydrogen) atoms. The first-order valence-electron chi connectivity index (χ1n) is 8.16. The molecule has 0 radical (unpaired) electrons. The topological polar surface area (TPSA) is 62.1 Å². The monoisotopic (exact) mass is 406 g/mol. The highest BCUT2D eigenvalue weighted by molar-refractivity contribution is 7.16. The predicted octanol–water partition coefficient (Wildman–Crippen LogP) is 3.76. The number of amides is 1.